The van der Waals surface area contributed by atoms with E-state index in [2.05, 4.69) is 4.98 Å². The van der Waals surface area contributed by atoms with Gasteiger partial charge in [0, 0.05) is 5.69 Å². The molecule has 3 rings (SSSR count). The predicted molar refractivity (Wildman–Crippen MR) is 80.5 cm³/mol. The largest absolute Gasteiger partial charge is 0.428 e. The third kappa shape index (κ3) is 2.75. The van der Waals surface area contributed by atoms with Gasteiger partial charge in [0.05, 0.1) is 5.75 Å². The number of nitrogens with zero attached hydrogens (tertiary/aromatic N) is 1. The van der Waals surface area contributed by atoms with Gasteiger partial charge in [0.1, 0.15) is 5.52 Å². The second-order valence-corrected chi connectivity index (χ2v) is 6.82. The smallest absolute Gasteiger partial charge is 0.316 e. The third-order valence-corrected chi connectivity index (χ3v) is 4.52. The topological polar surface area (TPSA) is 86.2 Å². The summed E-state index contributed by atoms with van der Waals surface area (Å²) in [6.45, 7) is 1.92. The number of anilines is 1. The third-order valence-electron chi connectivity index (χ3n) is 3.10. The second kappa shape index (κ2) is 4.89. The molecule has 0 atom stereocenters. The lowest BCUT2D eigenvalue weighted by atomic mass is 10.2. The lowest BCUT2D eigenvalue weighted by molar-refractivity contribution is 0.458. The van der Waals surface area contributed by atoms with Gasteiger partial charge in [-0.1, -0.05) is 29.8 Å². The molecule has 2 aromatic carbocycles. The number of hydrogen-bond donors (Lipinski definition) is 1. The molecule has 108 valence electrons. The molecule has 1 aromatic heterocycles. The summed E-state index contributed by atoms with van der Waals surface area (Å²) in [6.07, 6.45) is 0. The Kier molecular flexibility index (Phi) is 3.17. The van der Waals surface area contributed by atoms with Crippen LogP contribution in [0, 0.1) is 6.92 Å². The summed E-state index contributed by atoms with van der Waals surface area (Å²) in [5.74, 6) is -0.142. The molecule has 5 nitrogen and oxygen atoms in total. The van der Waals surface area contributed by atoms with Gasteiger partial charge in [-0.3, -0.25) is 0 Å². The van der Waals surface area contributed by atoms with E-state index in [0.29, 0.717) is 22.4 Å². The number of fused-ring (bicyclic) bond motifs is 1. The quantitative estimate of drug-likeness (QED) is 0.752. The molecular formula is C15H14N2O3S. The van der Waals surface area contributed by atoms with Crippen LogP contribution >= 0.6 is 0 Å². The van der Waals surface area contributed by atoms with E-state index in [0.717, 1.165) is 5.56 Å². The summed E-state index contributed by atoms with van der Waals surface area (Å²) in [4.78, 5) is 4.03. The number of sulfone groups is 1. The standard InChI is InChI=1S/C15H14N2O3S/c1-10-3-2-4-11(7-10)9-21(18,19)15-17-13-8-12(16)5-6-14(13)20-15/h2-8H,9,16H2,1H3. The first kappa shape index (κ1) is 13.6. The fourth-order valence-electron chi connectivity index (χ4n) is 2.14. The number of rotatable bonds is 3. The van der Waals surface area contributed by atoms with Crippen molar-refractivity contribution in [3.63, 3.8) is 0 Å². The number of nitrogens with two attached hydrogens (primary N) is 1. The van der Waals surface area contributed by atoms with E-state index >= 15 is 0 Å². The van der Waals surface area contributed by atoms with Gasteiger partial charge in [-0.2, -0.15) is 4.98 Å². The zero-order chi connectivity index (χ0) is 15.0. The van der Waals surface area contributed by atoms with E-state index in [4.69, 9.17) is 10.2 Å². The number of nitrogen functional groups attached to an aromatic ring is 1. The molecule has 1 heterocycles. The lowest BCUT2D eigenvalue weighted by Gasteiger charge is -2.01. The second-order valence-electron chi connectivity index (χ2n) is 4.96. The minimum absolute atomic E-state index is 0.142. The highest BCUT2D eigenvalue weighted by Crippen LogP contribution is 2.23. The van der Waals surface area contributed by atoms with Crippen molar-refractivity contribution < 1.29 is 12.8 Å². The van der Waals surface area contributed by atoms with Crippen molar-refractivity contribution >= 4 is 26.6 Å². The van der Waals surface area contributed by atoms with Gasteiger partial charge in [0.15, 0.2) is 5.58 Å². The average Bonchev–Trinajstić information content (AvgIpc) is 2.82. The van der Waals surface area contributed by atoms with E-state index < -0.39 is 9.84 Å². The van der Waals surface area contributed by atoms with Crippen molar-refractivity contribution in [3.8, 4) is 0 Å². The van der Waals surface area contributed by atoms with Crippen LogP contribution in [-0.4, -0.2) is 13.4 Å². The summed E-state index contributed by atoms with van der Waals surface area (Å²) < 4.78 is 30.1. The molecule has 21 heavy (non-hydrogen) atoms. The Labute approximate surface area is 122 Å². The Morgan fingerprint density at radius 2 is 2.00 bits per heavy atom. The Morgan fingerprint density at radius 3 is 2.76 bits per heavy atom. The van der Waals surface area contributed by atoms with Crippen molar-refractivity contribution in [1.29, 1.82) is 0 Å². The van der Waals surface area contributed by atoms with Crippen LogP contribution < -0.4 is 5.73 Å². The minimum Gasteiger partial charge on any atom is -0.428 e. The number of oxazole rings is 1. The Balaban J connectivity index is 2.00. The minimum atomic E-state index is -3.62. The van der Waals surface area contributed by atoms with E-state index in [9.17, 15) is 8.42 Å². The highest BCUT2D eigenvalue weighted by Gasteiger charge is 2.22. The molecule has 0 bridgehead atoms. The molecule has 3 aromatic rings. The number of aromatic nitrogens is 1. The molecule has 6 heteroatoms. The molecule has 2 N–H and O–H groups in total. The lowest BCUT2D eigenvalue weighted by Crippen LogP contribution is -2.05. The van der Waals surface area contributed by atoms with Crippen LogP contribution in [0.15, 0.2) is 52.1 Å². The molecular weight excluding hydrogens is 288 g/mol. The van der Waals surface area contributed by atoms with E-state index in [-0.39, 0.29) is 11.0 Å². The van der Waals surface area contributed by atoms with E-state index in [1.165, 1.54) is 0 Å². The maximum atomic E-state index is 12.4. The summed E-state index contributed by atoms with van der Waals surface area (Å²) >= 11 is 0. The van der Waals surface area contributed by atoms with E-state index in [1.807, 2.05) is 25.1 Å². The van der Waals surface area contributed by atoms with Gasteiger partial charge in [-0.05, 0) is 30.7 Å². The molecule has 0 amide bonds. The number of hydrogen-bond acceptors (Lipinski definition) is 5. The molecule has 0 aliphatic carbocycles. The van der Waals surface area contributed by atoms with Crippen LogP contribution in [0.3, 0.4) is 0 Å². The first-order valence-corrected chi connectivity index (χ1v) is 8.04. The van der Waals surface area contributed by atoms with Gasteiger partial charge < -0.3 is 10.2 Å². The van der Waals surface area contributed by atoms with Gasteiger partial charge in [0.2, 0.25) is 9.84 Å². The molecule has 0 unspecified atom stereocenters. The van der Waals surface area contributed by atoms with E-state index in [1.54, 1.807) is 24.3 Å². The first-order valence-electron chi connectivity index (χ1n) is 6.38. The highest BCUT2D eigenvalue weighted by molar-refractivity contribution is 7.90. The van der Waals surface area contributed by atoms with Crippen molar-refractivity contribution in [2.24, 2.45) is 0 Å². The Morgan fingerprint density at radius 1 is 1.19 bits per heavy atom. The Hall–Kier alpha value is -2.34. The van der Waals surface area contributed by atoms with Crippen LogP contribution in [0.4, 0.5) is 5.69 Å². The molecule has 0 spiro atoms. The molecule has 0 saturated heterocycles. The van der Waals surface area contributed by atoms with Crippen LogP contribution in [0.25, 0.3) is 11.1 Å². The molecule has 0 aliphatic rings. The molecule has 0 saturated carbocycles. The average molecular weight is 302 g/mol. The van der Waals surface area contributed by atoms with Crippen molar-refractivity contribution in [3.05, 3.63) is 53.6 Å². The van der Waals surface area contributed by atoms with Crippen LogP contribution in [0.5, 0.6) is 0 Å². The maximum Gasteiger partial charge on any atom is 0.316 e. The molecule has 0 radical (unpaired) electrons. The zero-order valence-corrected chi connectivity index (χ0v) is 12.2. The SMILES string of the molecule is Cc1cccc(CS(=O)(=O)c2nc3cc(N)ccc3o2)c1. The van der Waals surface area contributed by atoms with Crippen molar-refractivity contribution in [1.82, 2.24) is 4.98 Å². The summed E-state index contributed by atoms with van der Waals surface area (Å²) in [7, 11) is -3.62. The first-order chi connectivity index (χ1) is 9.94. The fraction of sp³-hybridized carbons (Fsp3) is 0.133. The Bertz CT molecular complexity index is 914. The van der Waals surface area contributed by atoms with Gasteiger partial charge in [-0.25, -0.2) is 8.42 Å². The number of aryl methyl sites for hydroxylation is 1. The summed E-state index contributed by atoms with van der Waals surface area (Å²) in [6, 6.07) is 12.2. The van der Waals surface area contributed by atoms with Gasteiger partial charge >= 0.3 is 5.22 Å². The van der Waals surface area contributed by atoms with Crippen LogP contribution in [0.2, 0.25) is 0 Å². The van der Waals surface area contributed by atoms with Crippen molar-refractivity contribution in [2.45, 2.75) is 17.9 Å². The van der Waals surface area contributed by atoms with Crippen molar-refractivity contribution in [2.75, 3.05) is 5.73 Å². The summed E-state index contributed by atoms with van der Waals surface area (Å²) in [5, 5.41) is -0.274. The van der Waals surface area contributed by atoms with Crippen LogP contribution in [-0.2, 0) is 15.6 Å². The predicted octanol–water partition coefficient (Wildman–Crippen LogP) is 2.69. The fourth-order valence-corrected chi connectivity index (χ4v) is 3.34. The van der Waals surface area contributed by atoms with Crippen LogP contribution in [0.1, 0.15) is 11.1 Å². The molecule has 0 aliphatic heterocycles. The normalized spacial score (nSPS) is 11.9. The summed E-state index contributed by atoms with van der Waals surface area (Å²) in [5.41, 5.74) is 8.73. The zero-order valence-electron chi connectivity index (χ0n) is 11.4. The number of benzene rings is 2. The van der Waals surface area contributed by atoms with Gasteiger partial charge in [0.25, 0.3) is 0 Å². The monoisotopic (exact) mass is 302 g/mol. The maximum absolute atomic E-state index is 12.4. The highest BCUT2D eigenvalue weighted by atomic mass is 32.2. The molecule has 0 fully saturated rings. The van der Waals surface area contributed by atoms with Gasteiger partial charge in [-0.15, -0.1) is 0 Å².